The van der Waals surface area contributed by atoms with Crippen molar-refractivity contribution in [2.24, 2.45) is 5.92 Å². The van der Waals surface area contributed by atoms with Gasteiger partial charge in [-0.15, -0.1) is 0 Å². The molecule has 1 heterocycles. The molecule has 0 spiro atoms. The van der Waals surface area contributed by atoms with Crippen molar-refractivity contribution >= 4 is 11.8 Å². The largest absolute Gasteiger partial charge is 0.496 e. The quantitative estimate of drug-likeness (QED) is 0.123. The number of nitrogens with zero attached hydrogens (tertiary/aromatic N) is 1. The van der Waals surface area contributed by atoms with E-state index in [1.807, 2.05) is 0 Å². The zero-order valence-corrected chi connectivity index (χ0v) is 28.2. The number of nitrogens with one attached hydrogen (secondary N) is 1. The SMILES string of the molecule is CC[C@@H](Cc1ccc(OC)c(C(=O)NCc2ccc(Oc3cc(C(F)(F)F)cc(C(F)(F)F)c3)cc2)c1)C(=O)n1c(Cc2ccccc2)c(O)oc1=O. The van der Waals surface area contributed by atoms with Gasteiger partial charge in [-0.2, -0.15) is 26.3 Å². The van der Waals surface area contributed by atoms with Crippen LogP contribution in [-0.2, 0) is 31.7 Å². The molecule has 1 amide bonds. The number of methoxy groups -OCH3 is 1. The van der Waals surface area contributed by atoms with Crippen LogP contribution in [0.5, 0.6) is 23.2 Å². The second kappa shape index (κ2) is 15.7. The summed E-state index contributed by atoms with van der Waals surface area (Å²) in [6.07, 6.45) is -9.55. The highest BCUT2D eigenvalue weighted by molar-refractivity contribution is 5.97. The Hall–Kier alpha value is -5.99. The summed E-state index contributed by atoms with van der Waals surface area (Å²) in [5.41, 5.74) is -1.03. The standard InChI is InChI=1S/C38H32F6N2O7/c1-3-25(34(48)46-31(35(49)53-36(46)50)17-22-7-5-4-6-8-22)15-24-11-14-32(51-2)30(16-24)33(47)45-21-23-9-12-28(13-10-23)52-29-19-26(37(39,40)41)18-27(20-29)38(42,43)44/h4-14,16,18-20,25,49H,3,15,17,21H2,1-2H3,(H,45,47)/t25-/m0/s1. The minimum absolute atomic E-state index is 0.00385. The lowest BCUT2D eigenvalue weighted by atomic mass is 9.94. The van der Waals surface area contributed by atoms with Crippen molar-refractivity contribution in [2.75, 3.05) is 7.11 Å². The molecular formula is C38H32F6N2O7. The summed E-state index contributed by atoms with van der Waals surface area (Å²) in [5, 5.41) is 13.1. The van der Waals surface area contributed by atoms with Gasteiger partial charge in [-0.05, 0) is 72.0 Å². The molecule has 278 valence electrons. The summed E-state index contributed by atoms with van der Waals surface area (Å²) < 4.78 is 95.8. The molecule has 0 fully saturated rings. The summed E-state index contributed by atoms with van der Waals surface area (Å²) in [5.74, 6) is -4.00. The molecule has 9 nitrogen and oxygen atoms in total. The Morgan fingerprint density at radius 1 is 0.830 bits per heavy atom. The van der Waals surface area contributed by atoms with Crippen molar-refractivity contribution in [3.63, 3.8) is 0 Å². The topological polar surface area (TPSA) is 120 Å². The number of hydrogen-bond donors (Lipinski definition) is 2. The molecule has 2 N–H and O–H groups in total. The maximum absolute atomic E-state index is 13.7. The number of aromatic hydroxyl groups is 1. The zero-order valence-electron chi connectivity index (χ0n) is 28.2. The van der Waals surface area contributed by atoms with Gasteiger partial charge in [-0.25, -0.2) is 9.36 Å². The maximum atomic E-state index is 13.7. The van der Waals surface area contributed by atoms with E-state index >= 15 is 0 Å². The molecule has 1 atom stereocenters. The van der Waals surface area contributed by atoms with Crippen LogP contribution in [0.1, 0.15) is 62.0 Å². The fraction of sp³-hybridized carbons (Fsp3) is 0.237. The number of alkyl halides is 6. The van der Waals surface area contributed by atoms with Crippen LogP contribution in [0.4, 0.5) is 26.3 Å². The maximum Gasteiger partial charge on any atom is 0.429 e. The molecule has 0 bridgehead atoms. The van der Waals surface area contributed by atoms with Crippen LogP contribution >= 0.6 is 0 Å². The molecule has 0 aliphatic rings. The Balaban J connectivity index is 1.27. The van der Waals surface area contributed by atoms with Crippen LogP contribution in [0, 0.1) is 5.92 Å². The number of benzene rings is 4. The Labute approximate surface area is 298 Å². The first-order chi connectivity index (χ1) is 25.1. The average Bonchev–Trinajstić information content (AvgIpc) is 3.40. The summed E-state index contributed by atoms with van der Waals surface area (Å²) in [4.78, 5) is 39.6. The van der Waals surface area contributed by atoms with Gasteiger partial charge in [-0.3, -0.25) is 9.59 Å². The van der Waals surface area contributed by atoms with E-state index < -0.39 is 58.7 Å². The fourth-order valence-corrected chi connectivity index (χ4v) is 5.57. The van der Waals surface area contributed by atoms with Crippen LogP contribution < -0.4 is 20.5 Å². The van der Waals surface area contributed by atoms with E-state index in [0.29, 0.717) is 29.7 Å². The second-order valence-electron chi connectivity index (χ2n) is 12.0. The molecule has 0 aliphatic carbocycles. The number of oxazole rings is 1. The van der Waals surface area contributed by atoms with E-state index in [2.05, 4.69) is 5.32 Å². The van der Waals surface area contributed by atoms with Crippen molar-refractivity contribution in [2.45, 2.75) is 45.1 Å². The van der Waals surface area contributed by atoms with Crippen molar-refractivity contribution in [3.05, 3.63) is 141 Å². The number of rotatable bonds is 12. The van der Waals surface area contributed by atoms with E-state index in [0.717, 1.165) is 10.1 Å². The number of amides is 1. The monoisotopic (exact) mass is 742 g/mol. The van der Waals surface area contributed by atoms with Gasteiger partial charge in [0.15, 0.2) is 0 Å². The van der Waals surface area contributed by atoms with Gasteiger partial charge < -0.3 is 24.3 Å². The number of ether oxygens (including phenoxy) is 2. The molecule has 0 aliphatic heterocycles. The van der Waals surface area contributed by atoms with Gasteiger partial charge in [0.05, 0.1) is 23.8 Å². The zero-order chi connectivity index (χ0) is 38.5. The van der Waals surface area contributed by atoms with Crippen LogP contribution in [0.25, 0.3) is 0 Å². The molecule has 0 unspecified atom stereocenters. The third-order valence-corrected chi connectivity index (χ3v) is 8.32. The van der Waals surface area contributed by atoms with Crippen LogP contribution in [0.15, 0.2) is 100 Å². The third kappa shape index (κ3) is 9.28. The van der Waals surface area contributed by atoms with Gasteiger partial charge in [-0.1, -0.05) is 55.5 Å². The number of carbonyl (C=O) groups excluding carboxylic acids is 2. The number of aromatic nitrogens is 1. The lowest BCUT2D eigenvalue weighted by Gasteiger charge is -2.17. The summed E-state index contributed by atoms with van der Waals surface area (Å²) >= 11 is 0. The molecule has 15 heteroatoms. The first-order valence-electron chi connectivity index (χ1n) is 16.1. The molecular weight excluding hydrogens is 710 g/mol. The van der Waals surface area contributed by atoms with Gasteiger partial charge >= 0.3 is 24.1 Å². The molecule has 5 aromatic rings. The molecule has 1 aromatic heterocycles. The van der Waals surface area contributed by atoms with E-state index in [9.17, 15) is 45.8 Å². The Kier molecular flexibility index (Phi) is 11.3. The fourth-order valence-electron chi connectivity index (χ4n) is 5.57. The molecule has 4 aromatic carbocycles. The van der Waals surface area contributed by atoms with Crippen molar-refractivity contribution in [3.8, 4) is 23.2 Å². The summed E-state index contributed by atoms with van der Waals surface area (Å²) in [6.45, 7) is 1.73. The Bertz CT molecular complexity index is 2110. The van der Waals surface area contributed by atoms with Gasteiger partial charge in [0.2, 0.25) is 5.91 Å². The van der Waals surface area contributed by atoms with E-state index in [-0.39, 0.29) is 48.2 Å². The van der Waals surface area contributed by atoms with Crippen molar-refractivity contribution in [1.29, 1.82) is 0 Å². The van der Waals surface area contributed by atoms with Crippen molar-refractivity contribution < 1.29 is 54.9 Å². The van der Waals surface area contributed by atoms with E-state index in [1.165, 1.54) is 31.4 Å². The van der Waals surface area contributed by atoms with Crippen LogP contribution in [0.3, 0.4) is 0 Å². The first-order valence-corrected chi connectivity index (χ1v) is 16.1. The lowest BCUT2D eigenvalue weighted by Crippen LogP contribution is -2.32. The van der Waals surface area contributed by atoms with Crippen molar-refractivity contribution in [1.82, 2.24) is 9.88 Å². The second-order valence-corrected chi connectivity index (χ2v) is 12.0. The highest BCUT2D eigenvalue weighted by atomic mass is 19.4. The highest BCUT2D eigenvalue weighted by Gasteiger charge is 2.37. The Morgan fingerprint density at radius 2 is 1.45 bits per heavy atom. The first kappa shape index (κ1) is 38.2. The van der Waals surface area contributed by atoms with E-state index in [4.69, 9.17) is 13.9 Å². The summed E-state index contributed by atoms with van der Waals surface area (Å²) in [6, 6.07) is 20.2. The van der Waals surface area contributed by atoms with Gasteiger partial charge in [0.1, 0.15) is 22.9 Å². The molecule has 0 radical (unpaired) electrons. The predicted octanol–water partition coefficient (Wildman–Crippen LogP) is 8.42. The molecule has 53 heavy (non-hydrogen) atoms. The van der Waals surface area contributed by atoms with Crippen LogP contribution in [0.2, 0.25) is 0 Å². The molecule has 0 saturated heterocycles. The number of carbonyl (C=O) groups is 2. The predicted molar refractivity (Wildman–Crippen MR) is 179 cm³/mol. The smallest absolute Gasteiger partial charge is 0.429 e. The highest BCUT2D eigenvalue weighted by Crippen LogP contribution is 2.39. The minimum Gasteiger partial charge on any atom is -0.496 e. The average molecular weight is 743 g/mol. The number of halogens is 6. The molecule has 5 rings (SSSR count). The number of hydrogen-bond acceptors (Lipinski definition) is 7. The van der Waals surface area contributed by atoms with Gasteiger partial charge in [0.25, 0.3) is 5.91 Å². The lowest BCUT2D eigenvalue weighted by molar-refractivity contribution is -0.143. The summed E-state index contributed by atoms with van der Waals surface area (Å²) in [7, 11) is 1.37. The normalized spacial score (nSPS) is 12.3. The van der Waals surface area contributed by atoms with E-state index in [1.54, 1.807) is 55.5 Å². The van der Waals surface area contributed by atoms with Gasteiger partial charge in [0, 0.05) is 18.9 Å². The Morgan fingerprint density at radius 3 is 2.04 bits per heavy atom. The minimum atomic E-state index is -5.03. The third-order valence-electron chi connectivity index (χ3n) is 8.32. The van der Waals surface area contributed by atoms with Crippen LogP contribution in [-0.4, -0.2) is 28.6 Å². The molecule has 0 saturated carbocycles.